The van der Waals surface area contributed by atoms with Crippen LogP contribution in [-0.4, -0.2) is 47.9 Å². The fraction of sp³-hybridized carbons (Fsp3) is 0.389. The number of carbonyl (C=O) groups is 1. The van der Waals surface area contributed by atoms with Gasteiger partial charge in [0, 0.05) is 6.20 Å². The SMILES string of the molecule is COc1cc(C2SCC(=O)N2Cc2cnc(C)cn2)cc(OC)c1OC. The Bertz CT molecular complexity index is 773. The van der Waals surface area contributed by atoms with Gasteiger partial charge in [0.25, 0.3) is 0 Å². The molecule has 8 heteroatoms. The molecule has 1 aromatic heterocycles. The van der Waals surface area contributed by atoms with Crippen molar-refractivity contribution in [3.8, 4) is 17.2 Å². The highest BCUT2D eigenvalue weighted by Crippen LogP contribution is 2.45. The molecule has 0 bridgehead atoms. The molecule has 1 aromatic carbocycles. The summed E-state index contributed by atoms with van der Waals surface area (Å²) in [6.45, 7) is 2.28. The van der Waals surface area contributed by atoms with Gasteiger partial charge in [0.2, 0.25) is 11.7 Å². The summed E-state index contributed by atoms with van der Waals surface area (Å²) in [5.74, 6) is 2.15. The van der Waals surface area contributed by atoms with Crippen molar-refractivity contribution >= 4 is 17.7 Å². The lowest BCUT2D eigenvalue weighted by Crippen LogP contribution is -2.28. The van der Waals surface area contributed by atoms with Crippen molar-refractivity contribution in [3.63, 3.8) is 0 Å². The van der Waals surface area contributed by atoms with Crippen molar-refractivity contribution in [1.82, 2.24) is 14.9 Å². The van der Waals surface area contributed by atoms with Gasteiger partial charge in [-0.15, -0.1) is 11.8 Å². The van der Waals surface area contributed by atoms with E-state index < -0.39 is 0 Å². The van der Waals surface area contributed by atoms with Crippen LogP contribution in [-0.2, 0) is 11.3 Å². The summed E-state index contributed by atoms with van der Waals surface area (Å²) in [4.78, 5) is 22.8. The molecule has 2 aromatic rings. The third kappa shape index (κ3) is 3.55. The Morgan fingerprint density at radius 1 is 1.12 bits per heavy atom. The molecular weight excluding hydrogens is 354 g/mol. The van der Waals surface area contributed by atoms with E-state index in [1.165, 1.54) is 0 Å². The van der Waals surface area contributed by atoms with E-state index in [4.69, 9.17) is 14.2 Å². The molecule has 7 nitrogen and oxygen atoms in total. The molecule has 0 N–H and O–H groups in total. The number of benzene rings is 1. The van der Waals surface area contributed by atoms with Crippen LogP contribution in [0.15, 0.2) is 24.5 Å². The molecule has 1 saturated heterocycles. The predicted octanol–water partition coefficient (Wildman–Crippen LogP) is 2.59. The number of carbonyl (C=O) groups excluding carboxylic acids is 1. The van der Waals surface area contributed by atoms with Gasteiger partial charge in [0.1, 0.15) is 5.37 Å². The molecule has 1 aliphatic heterocycles. The molecular formula is C18H21N3O4S. The lowest BCUT2D eigenvalue weighted by Gasteiger charge is -2.25. The first kappa shape index (κ1) is 18.3. The molecule has 0 saturated carbocycles. The summed E-state index contributed by atoms with van der Waals surface area (Å²) in [6.07, 6.45) is 3.41. The molecule has 3 rings (SSSR count). The second-order valence-electron chi connectivity index (χ2n) is 5.79. The van der Waals surface area contributed by atoms with E-state index in [2.05, 4.69) is 9.97 Å². The van der Waals surface area contributed by atoms with Gasteiger partial charge in [-0.1, -0.05) is 0 Å². The first-order valence-corrected chi connectivity index (χ1v) is 9.10. The van der Waals surface area contributed by atoms with Crippen molar-refractivity contribution in [3.05, 3.63) is 41.5 Å². The molecule has 138 valence electrons. The van der Waals surface area contributed by atoms with E-state index in [0.29, 0.717) is 29.5 Å². The average Bonchev–Trinajstić information content (AvgIpc) is 3.02. The van der Waals surface area contributed by atoms with Crippen molar-refractivity contribution in [1.29, 1.82) is 0 Å². The fourth-order valence-electron chi connectivity index (χ4n) is 2.82. The Morgan fingerprint density at radius 2 is 1.81 bits per heavy atom. The van der Waals surface area contributed by atoms with Crippen LogP contribution in [0.2, 0.25) is 0 Å². The zero-order valence-corrected chi connectivity index (χ0v) is 16.0. The number of amides is 1. The topological polar surface area (TPSA) is 73.8 Å². The number of hydrogen-bond donors (Lipinski definition) is 0. The number of methoxy groups -OCH3 is 3. The van der Waals surface area contributed by atoms with Gasteiger partial charge in [-0.2, -0.15) is 0 Å². The molecule has 1 atom stereocenters. The van der Waals surface area contributed by atoms with Crippen LogP contribution in [0.4, 0.5) is 0 Å². The van der Waals surface area contributed by atoms with Crippen LogP contribution in [0.25, 0.3) is 0 Å². The Kier molecular flexibility index (Phi) is 5.51. The van der Waals surface area contributed by atoms with Gasteiger partial charge in [-0.25, -0.2) is 0 Å². The number of hydrogen-bond acceptors (Lipinski definition) is 7. The summed E-state index contributed by atoms with van der Waals surface area (Å²) in [5, 5.41) is -0.153. The highest BCUT2D eigenvalue weighted by Gasteiger charge is 2.34. The molecule has 1 amide bonds. The number of ether oxygens (including phenoxy) is 3. The summed E-state index contributed by atoms with van der Waals surface area (Å²) in [7, 11) is 4.72. The number of thioether (sulfide) groups is 1. The minimum absolute atomic E-state index is 0.0659. The third-order valence-corrected chi connectivity index (χ3v) is 5.36. The Labute approximate surface area is 156 Å². The van der Waals surface area contributed by atoms with Crippen molar-refractivity contribution < 1.29 is 19.0 Å². The monoisotopic (exact) mass is 375 g/mol. The van der Waals surface area contributed by atoms with E-state index in [9.17, 15) is 4.79 Å². The van der Waals surface area contributed by atoms with Crippen LogP contribution in [0.3, 0.4) is 0 Å². The average molecular weight is 375 g/mol. The largest absolute Gasteiger partial charge is 0.493 e. The highest BCUT2D eigenvalue weighted by atomic mass is 32.2. The fourth-order valence-corrected chi connectivity index (χ4v) is 3.99. The smallest absolute Gasteiger partial charge is 0.234 e. The van der Waals surface area contributed by atoms with Crippen LogP contribution >= 0.6 is 11.8 Å². The molecule has 0 radical (unpaired) electrons. The van der Waals surface area contributed by atoms with E-state index in [1.54, 1.807) is 50.4 Å². The van der Waals surface area contributed by atoms with E-state index in [-0.39, 0.29) is 11.3 Å². The quantitative estimate of drug-likeness (QED) is 0.768. The van der Waals surface area contributed by atoms with Gasteiger partial charge in [-0.3, -0.25) is 14.8 Å². The standard InChI is InChI=1S/C18H21N3O4S/c1-11-7-20-13(8-19-11)9-21-16(22)10-26-18(21)12-5-14(23-2)17(25-4)15(6-12)24-3/h5-8,18H,9-10H2,1-4H3. The van der Waals surface area contributed by atoms with Gasteiger partial charge in [0.15, 0.2) is 11.5 Å². The molecule has 1 aliphatic rings. The van der Waals surface area contributed by atoms with E-state index >= 15 is 0 Å². The Morgan fingerprint density at radius 3 is 2.35 bits per heavy atom. The van der Waals surface area contributed by atoms with Crippen molar-refractivity contribution in [2.45, 2.75) is 18.8 Å². The van der Waals surface area contributed by atoms with Gasteiger partial charge >= 0.3 is 0 Å². The van der Waals surface area contributed by atoms with Gasteiger partial charge < -0.3 is 19.1 Å². The second kappa shape index (κ2) is 7.82. The van der Waals surface area contributed by atoms with Crippen molar-refractivity contribution in [2.24, 2.45) is 0 Å². The number of aromatic nitrogens is 2. The minimum atomic E-state index is -0.153. The zero-order valence-electron chi connectivity index (χ0n) is 15.2. The Hall–Kier alpha value is -2.48. The van der Waals surface area contributed by atoms with Gasteiger partial charge in [-0.05, 0) is 24.6 Å². The first-order valence-electron chi connectivity index (χ1n) is 8.06. The molecule has 26 heavy (non-hydrogen) atoms. The normalized spacial score (nSPS) is 16.7. The van der Waals surface area contributed by atoms with Crippen LogP contribution in [0, 0.1) is 6.92 Å². The van der Waals surface area contributed by atoms with Crippen molar-refractivity contribution in [2.75, 3.05) is 27.1 Å². The third-order valence-electron chi connectivity index (χ3n) is 4.11. The van der Waals surface area contributed by atoms with E-state index in [1.807, 2.05) is 19.1 Å². The number of rotatable bonds is 6. The minimum Gasteiger partial charge on any atom is -0.493 e. The van der Waals surface area contributed by atoms with Crippen LogP contribution < -0.4 is 14.2 Å². The van der Waals surface area contributed by atoms with E-state index in [0.717, 1.165) is 17.0 Å². The van der Waals surface area contributed by atoms with Crippen LogP contribution in [0.5, 0.6) is 17.2 Å². The number of nitrogens with zero attached hydrogens (tertiary/aromatic N) is 3. The zero-order chi connectivity index (χ0) is 18.7. The maximum atomic E-state index is 12.4. The predicted molar refractivity (Wildman–Crippen MR) is 98.6 cm³/mol. The lowest BCUT2D eigenvalue weighted by molar-refractivity contribution is -0.128. The summed E-state index contributed by atoms with van der Waals surface area (Å²) in [6, 6.07) is 3.76. The maximum absolute atomic E-state index is 12.4. The summed E-state index contributed by atoms with van der Waals surface area (Å²) < 4.78 is 16.2. The second-order valence-corrected chi connectivity index (χ2v) is 6.86. The number of aryl methyl sites for hydroxylation is 1. The molecule has 0 aliphatic carbocycles. The van der Waals surface area contributed by atoms with Crippen LogP contribution in [0.1, 0.15) is 22.3 Å². The Balaban J connectivity index is 1.93. The summed E-state index contributed by atoms with van der Waals surface area (Å²) in [5.41, 5.74) is 2.51. The molecule has 1 fully saturated rings. The molecule has 2 heterocycles. The molecule has 1 unspecified atom stereocenters. The highest BCUT2D eigenvalue weighted by molar-refractivity contribution is 8.00. The van der Waals surface area contributed by atoms with Gasteiger partial charge in [0.05, 0.1) is 51.2 Å². The first-order chi connectivity index (χ1) is 12.6. The lowest BCUT2D eigenvalue weighted by atomic mass is 10.1. The summed E-state index contributed by atoms with van der Waals surface area (Å²) >= 11 is 1.56. The maximum Gasteiger partial charge on any atom is 0.234 e. The molecule has 0 spiro atoms.